The summed E-state index contributed by atoms with van der Waals surface area (Å²) in [7, 11) is 0. The first-order valence-electron chi connectivity index (χ1n) is 5.97. The van der Waals surface area contributed by atoms with Crippen molar-refractivity contribution in [1.82, 2.24) is 9.38 Å². The summed E-state index contributed by atoms with van der Waals surface area (Å²) < 4.78 is 2.01. The Hall–Kier alpha value is -2.16. The van der Waals surface area contributed by atoms with Crippen LogP contribution in [0.5, 0.6) is 0 Å². The number of aromatic nitrogens is 2. The highest BCUT2D eigenvalue weighted by Gasteiger charge is 2.11. The smallest absolute Gasteiger partial charge is 0.179 e. The fraction of sp³-hybridized carbons (Fsp3) is 0.200. The van der Waals surface area contributed by atoms with Crippen LogP contribution in [0.2, 0.25) is 0 Å². The van der Waals surface area contributed by atoms with Crippen molar-refractivity contribution < 1.29 is 4.79 Å². The number of pyridine rings is 1. The van der Waals surface area contributed by atoms with Gasteiger partial charge in [0, 0.05) is 18.5 Å². The van der Waals surface area contributed by atoms with Crippen LogP contribution in [0.3, 0.4) is 0 Å². The molecule has 2 aromatic heterocycles. The van der Waals surface area contributed by atoms with E-state index in [2.05, 4.69) is 37.0 Å². The molecule has 2 heterocycles. The lowest BCUT2D eigenvalue weighted by Gasteiger charge is -2.07. The summed E-state index contributed by atoms with van der Waals surface area (Å²) in [5.74, 6) is -0.00177. The number of carbonyl (C=O) groups is 1. The number of benzene rings is 1. The van der Waals surface area contributed by atoms with Crippen molar-refractivity contribution in [2.24, 2.45) is 0 Å². The van der Waals surface area contributed by atoms with E-state index in [-0.39, 0.29) is 5.78 Å². The number of hydrogen-bond donors (Lipinski definition) is 0. The van der Waals surface area contributed by atoms with E-state index in [1.54, 1.807) is 6.92 Å². The zero-order chi connectivity index (χ0) is 12.9. The van der Waals surface area contributed by atoms with Gasteiger partial charge in [0.25, 0.3) is 0 Å². The maximum Gasteiger partial charge on any atom is 0.179 e. The number of para-hydroxylation sites is 1. The average Bonchev–Trinajstić information content (AvgIpc) is 2.73. The van der Waals surface area contributed by atoms with E-state index in [1.165, 1.54) is 16.5 Å². The van der Waals surface area contributed by atoms with Gasteiger partial charge in [-0.05, 0) is 31.0 Å². The topological polar surface area (TPSA) is 34.4 Å². The van der Waals surface area contributed by atoms with E-state index in [0.717, 1.165) is 11.2 Å². The summed E-state index contributed by atoms with van der Waals surface area (Å²) in [4.78, 5) is 15.8. The quantitative estimate of drug-likeness (QED) is 0.609. The molecule has 0 bridgehead atoms. The first kappa shape index (κ1) is 11.0. The van der Waals surface area contributed by atoms with Crippen LogP contribution >= 0.6 is 0 Å². The lowest BCUT2D eigenvalue weighted by Crippen LogP contribution is -1.92. The highest BCUT2D eigenvalue weighted by Crippen LogP contribution is 2.24. The SMILES string of the molecule is CC(=O)c1cn2c(cc(C)c3cccc(C)c32)n1. The molecule has 3 nitrogen and oxygen atoms in total. The Labute approximate surface area is 105 Å². The molecular weight excluding hydrogens is 224 g/mol. The van der Waals surface area contributed by atoms with Gasteiger partial charge in [-0.2, -0.15) is 0 Å². The van der Waals surface area contributed by atoms with Crippen LogP contribution in [0.15, 0.2) is 30.5 Å². The molecule has 0 saturated carbocycles. The molecule has 90 valence electrons. The number of Topliss-reactive ketones (excluding diaryl/α,β-unsaturated/α-hetero) is 1. The van der Waals surface area contributed by atoms with Crippen molar-refractivity contribution in [2.75, 3.05) is 0 Å². The molecule has 18 heavy (non-hydrogen) atoms. The molecule has 3 aromatic rings. The Bertz CT molecular complexity index is 784. The lowest BCUT2D eigenvalue weighted by molar-refractivity contribution is 0.101. The van der Waals surface area contributed by atoms with E-state index < -0.39 is 0 Å². The predicted octanol–water partition coefficient (Wildman–Crippen LogP) is 3.31. The average molecular weight is 238 g/mol. The van der Waals surface area contributed by atoms with Gasteiger partial charge in [-0.25, -0.2) is 4.98 Å². The van der Waals surface area contributed by atoms with Crippen molar-refractivity contribution in [3.8, 4) is 0 Å². The molecular formula is C15H14N2O. The molecule has 0 N–H and O–H groups in total. The van der Waals surface area contributed by atoms with Crippen molar-refractivity contribution in [3.63, 3.8) is 0 Å². The molecule has 0 spiro atoms. The number of rotatable bonds is 1. The van der Waals surface area contributed by atoms with Gasteiger partial charge in [-0.15, -0.1) is 0 Å². The van der Waals surface area contributed by atoms with Crippen molar-refractivity contribution >= 4 is 22.3 Å². The van der Waals surface area contributed by atoms with Gasteiger partial charge in [-0.3, -0.25) is 9.20 Å². The van der Waals surface area contributed by atoms with Gasteiger partial charge in [0.05, 0.1) is 5.52 Å². The standard InChI is InChI=1S/C15H14N2O/c1-9-5-4-6-12-10(2)7-14-16-13(11(3)18)8-17(14)15(9)12/h4-8H,1-3H3. The van der Waals surface area contributed by atoms with E-state index in [0.29, 0.717) is 5.69 Å². The molecule has 3 rings (SSSR count). The van der Waals surface area contributed by atoms with Crippen LogP contribution < -0.4 is 0 Å². The first-order valence-corrected chi connectivity index (χ1v) is 5.97. The van der Waals surface area contributed by atoms with Gasteiger partial charge in [-0.1, -0.05) is 18.2 Å². The Morgan fingerprint density at radius 1 is 1.22 bits per heavy atom. The minimum Gasteiger partial charge on any atom is -0.299 e. The highest BCUT2D eigenvalue weighted by atomic mass is 16.1. The number of nitrogens with zero attached hydrogens (tertiary/aromatic N) is 2. The maximum atomic E-state index is 11.4. The van der Waals surface area contributed by atoms with Crippen LogP contribution in [0, 0.1) is 13.8 Å². The second-order valence-corrected chi connectivity index (χ2v) is 4.71. The van der Waals surface area contributed by atoms with Crippen molar-refractivity contribution in [2.45, 2.75) is 20.8 Å². The molecule has 0 fully saturated rings. The number of aryl methyl sites for hydroxylation is 2. The van der Waals surface area contributed by atoms with Crippen LogP contribution in [-0.2, 0) is 0 Å². The number of carbonyl (C=O) groups excluding carboxylic acids is 1. The third kappa shape index (κ3) is 1.44. The van der Waals surface area contributed by atoms with Gasteiger partial charge in [0.1, 0.15) is 11.3 Å². The normalized spacial score (nSPS) is 11.3. The molecule has 0 amide bonds. The zero-order valence-electron chi connectivity index (χ0n) is 10.7. The molecule has 1 aromatic carbocycles. The minimum absolute atomic E-state index is 0.00177. The van der Waals surface area contributed by atoms with Crippen LogP contribution in [-0.4, -0.2) is 15.2 Å². The third-order valence-electron chi connectivity index (χ3n) is 3.34. The van der Waals surface area contributed by atoms with Gasteiger partial charge in [0.2, 0.25) is 0 Å². The fourth-order valence-corrected chi connectivity index (χ4v) is 2.41. The molecule has 0 radical (unpaired) electrons. The summed E-state index contributed by atoms with van der Waals surface area (Å²) in [5.41, 5.74) is 4.85. The lowest BCUT2D eigenvalue weighted by atomic mass is 10.1. The van der Waals surface area contributed by atoms with Gasteiger partial charge in [0.15, 0.2) is 5.78 Å². The minimum atomic E-state index is -0.00177. The molecule has 0 atom stereocenters. The maximum absolute atomic E-state index is 11.4. The summed E-state index contributed by atoms with van der Waals surface area (Å²) in [5, 5.41) is 1.20. The van der Waals surface area contributed by atoms with Gasteiger partial charge < -0.3 is 0 Å². The molecule has 0 aliphatic carbocycles. The zero-order valence-corrected chi connectivity index (χ0v) is 10.7. The fourth-order valence-electron chi connectivity index (χ4n) is 2.41. The second kappa shape index (κ2) is 3.67. The third-order valence-corrected chi connectivity index (χ3v) is 3.34. The summed E-state index contributed by atoms with van der Waals surface area (Å²) >= 11 is 0. The molecule has 3 heteroatoms. The van der Waals surface area contributed by atoms with E-state index in [1.807, 2.05) is 16.7 Å². The van der Waals surface area contributed by atoms with E-state index in [4.69, 9.17) is 0 Å². The Morgan fingerprint density at radius 3 is 2.72 bits per heavy atom. The highest BCUT2D eigenvalue weighted by molar-refractivity contribution is 5.94. The number of ketones is 1. The Kier molecular flexibility index (Phi) is 2.23. The van der Waals surface area contributed by atoms with E-state index >= 15 is 0 Å². The first-order chi connectivity index (χ1) is 8.58. The predicted molar refractivity (Wildman–Crippen MR) is 72.2 cm³/mol. The second-order valence-electron chi connectivity index (χ2n) is 4.71. The number of fused-ring (bicyclic) bond motifs is 3. The monoisotopic (exact) mass is 238 g/mol. The summed E-state index contributed by atoms with van der Waals surface area (Å²) in [6.45, 7) is 5.70. The van der Waals surface area contributed by atoms with Crippen LogP contribution in [0.25, 0.3) is 16.6 Å². The molecule has 0 unspecified atom stereocenters. The summed E-state index contributed by atoms with van der Waals surface area (Å²) in [6, 6.07) is 8.26. The van der Waals surface area contributed by atoms with E-state index in [9.17, 15) is 4.79 Å². The largest absolute Gasteiger partial charge is 0.299 e. The molecule has 0 aliphatic rings. The summed E-state index contributed by atoms with van der Waals surface area (Å²) in [6.07, 6.45) is 1.83. The van der Waals surface area contributed by atoms with Gasteiger partial charge >= 0.3 is 0 Å². The van der Waals surface area contributed by atoms with Crippen LogP contribution in [0.1, 0.15) is 28.5 Å². The molecule has 0 saturated heterocycles. The number of imidazole rings is 1. The number of hydrogen-bond acceptors (Lipinski definition) is 2. The van der Waals surface area contributed by atoms with Crippen molar-refractivity contribution in [3.05, 3.63) is 47.3 Å². The molecule has 0 aliphatic heterocycles. The van der Waals surface area contributed by atoms with Crippen LogP contribution in [0.4, 0.5) is 0 Å². The van der Waals surface area contributed by atoms with Crippen molar-refractivity contribution in [1.29, 1.82) is 0 Å². The Balaban J connectivity index is 2.55. The Morgan fingerprint density at radius 2 is 2.00 bits per heavy atom.